The lowest BCUT2D eigenvalue weighted by molar-refractivity contribution is -0.122. The number of carbonyl (C=O) groups excluding carboxylic acids is 2. The van der Waals surface area contributed by atoms with Gasteiger partial charge >= 0.3 is 0 Å². The summed E-state index contributed by atoms with van der Waals surface area (Å²) in [5, 5.41) is 5.41. The highest BCUT2D eigenvalue weighted by atomic mass is 16.2. The van der Waals surface area contributed by atoms with Crippen LogP contribution < -0.4 is 10.6 Å². The smallest absolute Gasteiger partial charge is 0.243 e. The molecule has 1 aliphatic carbocycles. The van der Waals surface area contributed by atoms with Crippen molar-refractivity contribution in [1.29, 1.82) is 0 Å². The van der Waals surface area contributed by atoms with Crippen LogP contribution in [0.15, 0.2) is 23.5 Å². The first-order valence-electron chi connectivity index (χ1n) is 3.75. The van der Waals surface area contributed by atoms with E-state index < -0.39 is 0 Å². The average molecular weight is 164 g/mol. The standard InChI is InChI=1S/C8H8N2O2/c11-6-3-1-2-5-8(6)10-7(12)4-9-5/h1-2,9H,3-4H2,(H,10,12). The van der Waals surface area contributed by atoms with Gasteiger partial charge in [-0.2, -0.15) is 0 Å². The van der Waals surface area contributed by atoms with E-state index in [1.165, 1.54) is 0 Å². The number of rotatable bonds is 0. The molecular weight excluding hydrogens is 156 g/mol. The molecule has 1 amide bonds. The van der Waals surface area contributed by atoms with Crippen LogP contribution in [0.25, 0.3) is 0 Å². The Morgan fingerprint density at radius 2 is 2.17 bits per heavy atom. The molecule has 1 aliphatic heterocycles. The molecule has 0 saturated heterocycles. The largest absolute Gasteiger partial charge is 0.374 e. The van der Waals surface area contributed by atoms with Gasteiger partial charge in [-0.05, 0) is 6.08 Å². The van der Waals surface area contributed by atoms with Gasteiger partial charge in [-0.15, -0.1) is 0 Å². The molecule has 0 aromatic heterocycles. The van der Waals surface area contributed by atoms with E-state index in [1.54, 1.807) is 6.08 Å². The second kappa shape index (κ2) is 2.48. The van der Waals surface area contributed by atoms with Crippen LogP contribution in [0.2, 0.25) is 0 Å². The number of hydrogen-bond acceptors (Lipinski definition) is 3. The summed E-state index contributed by atoms with van der Waals surface area (Å²) in [6.45, 7) is 0.246. The van der Waals surface area contributed by atoms with E-state index in [9.17, 15) is 9.59 Å². The maximum atomic E-state index is 11.2. The summed E-state index contributed by atoms with van der Waals surface area (Å²) in [4.78, 5) is 22.1. The van der Waals surface area contributed by atoms with E-state index in [2.05, 4.69) is 10.6 Å². The second-order valence-corrected chi connectivity index (χ2v) is 2.72. The predicted molar refractivity (Wildman–Crippen MR) is 41.9 cm³/mol. The molecule has 1 heterocycles. The van der Waals surface area contributed by atoms with E-state index in [1.807, 2.05) is 6.08 Å². The highest BCUT2D eigenvalue weighted by Gasteiger charge is 2.22. The van der Waals surface area contributed by atoms with Crippen molar-refractivity contribution in [2.24, 2.45) is 0 Å². The number of amides is 1. The van der Waals surface area contributed by atoms with E-state index >= 15 is 0 Å². The SMILES string of the molecule is O=C1CNC2=C(N1)C(=O)CC=C2. The maximum Gasteiger partial charge on any atom is 0.243 e. The van der Waals surface area contributed by atoms with Gasteiger partial charge in [0.2, 0.25) is 5.91 Å². The minimum Gasteiger partial charge on any atom is -0.374 e. The lowest BCUT2D eigenvalue weighted by atomic mass is 10.1. The zero-order chi connectivity index (χ0) is 8.55. The van der Waals surface area contributed by atoms with Gasteiger partial charge < -0.3 is 10.6 Å². The Balaban J connectivity index is 2.37. The summed E-state index contributed by atoms with van der Waals surface area (Å²) in [5.74, 6) is -0.189. The molecular formula is C8H8N2O2. The summed E-state index contributed by atoms with van der Waals surface area (Å²) in [6, 6.07) is 0. The van der Waals surface area contributed by atoms with Crippen LogP contribution in [0.3, 0.4) is 0 Å². The minimum atomic E-state index is -0.155. The van der Waals surface area contributed by atoms with Gasteiger partial charge in [-0.25, -0.2) is 0 Å². The molecule has 2 aliphatic rings. The minimum absolute atomic E-state index is 0.0342. The molecule has 2 N–H and O–H groups in total. The zero-order valence-corrected chi connectivity index (χ0v) is 6.39. The van der Waals surface area contributed by atoms with Crippen LogP contribution in [0.1, 0.15) is 6.42 Å². The molecule has 0 unspecified atom stereocenters. The van der Waals surface area contributed by atoms with Gasteiger partial charge in [-0.3, -0.25) is 9.59 Å². The third kappa shape index (κ3) is 1.01. The number of Topliss-reactive ketones (excluding diaryl/α,β-unsaturated/α-hetero) is 1. The maximum absolute atomic E-state index is 11.2. The summed E-state index contributed by atoms with van der Waals surface area (Å²) < 4.78 is 0. The van der Waals surface area contributed by atoms with Gasteiger partial charge in [0.05, 0.1) is 12.2 Å². The lowest BCUT2D eigenvalue weighted by Crippen LogP contribution is -2.43. The normalized spacial score (nSPS) is 21.7. The molecule has 0 bridgehead atoms. The molecule has 0 aromatic rings. The fourth-order valence-corrected chi connectivity index (χ4v) is 1.26. The van der Waals surface area contributed by atoms with Crippen LogP contribution in [-0.2, 0) is 9.59 Å². The molecule has 12 heavy (non-hydrogen) atoms. The van der Waals surface area contributed by atoms with Crippen LogP contribution >= 0.6 is 0 Å². The molecule has 0 saturated carbocycles. The summed E-state index contributed by atoms with van der Waals surface area (Å²) in [5.41, 5.74) is 1.14. The number of allylic oxidation sites excluding steroid dienone is 3. The molecule has 0 fully saturated rings. The number of carbonyl (C=O) groups is 2. The number of nitrogens with one attached hydrogen (secondary N) is 2. The summed E-state index contributed by atoms with van der Waals surface area (Å²) in [7, 11) is 0. The van der Waals surface area contributed by atoms with E-state index in [4.69, 9.17) is 0 Å². The quantitative estimate of drug-likeness (QED) is 0.505. The van der Waals surface area contributed by atoms with Crippen LogP contribution in [0.5, 0.6) is 0 Å². The third-order valence-electron chi connectivity index (χ3n) is 1.84. The van der Waals surface area contributed by atoms with Gasteiger partial charge in [0.25, 0.3) is 0 Å². The van der Waals surface area contributed by atoms with Crippen LogP contribution in [0, 0.1) is 0 Å². The first kappa shape index (κ1) is 7.09. The molecule has 62 valence electrons. The number of hydrogen-bond donors (Lipinski definition) is 2. The van der Waals surface area contributed by atoms with Crippen molar-refractivity contribution in [2.45, 2.75) is 6.42 Å². The second-order valence-electron chi connectivity index (χ2n) is 2.72. The Morgan fingerprint density at radius 1 is 1.33 bits per heavy atom. The zero-order valence-electron chi connectivity index (χ0n) is 6.39. The highest BCUT2D eigenvalue weighted by Crippen LogP contribution is 2.13. The van der Waals surface area contributed by atoms with Crippen molar-refractivity contribution >= 4 is 11.7 Å². The van der Waals surface area contributed by atoms with Crippen LogP contribution in [0.4, 0.5) is 0 Å². The van der Waals surface area contributed by atoms with Crippen molar-refractivity contribution < 1.29 is 9.59 Å². The fourth-order valence-electron chi connectivity index (χ4n) is 1.26. The molecule has 0 atom stereocenters. The van der Waals surface area contributed by atoms with Crippen molar-refractivity contribution in [2.75, 3.05) is 6.54 Å². The van der Waals surface area contributed by atoms with E-state index in [0.29, 0.717) is 12.1 Å². The fraction of sp³-hybridized carbons (Fsp3) is 0.250. The monoisotopic (exact) mass is 164 g/mol. The Kier molecular flexibility index (Phi) is 1.46. The first-order valence-corrected chi connectivity index (χ1v) is 3.75. The highest BCUT2D eigenvalue weighted by molar-refractivity contribution is 6.03. The molecule has 4 nitrogen and oxygen atoms in total. The van der Waals surface area contributed by atoms with Crippen molar-refractivity contribution in [3.63, 3.8) is 0 Å². The Morgan fingerprint density at radius 3 is 3.00 bits per heavy atom. The van der Waals surface area contributed by atoms with Crippen molar-refractivity contribution in [1.82, 2.24) is 10.6 Å². The van der Waals surface area contributed by atoms with Gasteiger partial charge in [0, 0.05) is 6.42 Å². The Hall–Kier alpha value is -1.58. The predicted octanol–water partition coefficient (Wildman–Crippen LogP) is -0.554. The summed E-state index contributed by atoms with van der Waals surface area (Å²) >= 11 is 0. The lowest BCUT2D eigenvalue weighted by Gasteiger charge is -2.21. The molecule has 4 heteroatoms. The average Bonchev–Trinajstić information content (AvgIpc) is 2.07. The van der Waals surface area contributed by atoms with Gasteiger partial charge in [-0.1, -0.05) is 6.08 Å². The molecule has 2 rings (SSSR count). The Bertz CT molecular complexity index is 315. The molecule has 0 aromatic carbocycles. The van der Waals surface area contributed by atoms with Crippen LogP contribution in [-0.4, -0.2) is 18.2 Å². The van der Waals surface area contributed by atoms with E-state index in [0.717, 1.165) is 5.70 Å². The topological polar surface area (TPSA) is 58.2 Å². The van der Waals surface area contributed by atoms with E-state index in [-0.39, 0.29) is 18.2 Å². The van der Waals surface area contributed by atoms with Crippen molar-refractivity contribution in [3.8, 4) is 0 Å². The molecule has 0 spiro atoms. The molecule has 0 radical (unpaired) electrons. The van der Waals surface area contributed by atoms with Gasteiger partial charge in [0.15, 0.2) is 5.78 Å². The number of ketones is 1. The van der Waals surface area contributed by atoms with Crippen molar-refractivity contribution in [3.05, 3.63) is 23.5 Å². The third-order valence-corrected chi connectivity index (χ3v) is 1.84. The first-order chi connectivity index (χ1) is 5.77. The summed E-state index contributed by atoms with van der Waals surface area (Å²) in [6.07, 6.45) is 3.97. The van der Waals surface area contributed by atoms with Gasteiger partial charge in [0.1, 0.15) is 5.70 Å². The Labute approximate surface area is 69.3 Å².